The molecule has 1 amide bonds. The average Bonchev–Trinajstić information content (AvgIpc) is 2.50. The third kappa shape index (κ3) is 4.92. The molecule has 0 aliphatic carbocycles. The number of nitrogens with one attached hydrogen (secondary N) is 1. The van der Waals surface area contributed by atoms with Crippen molar-refractivity contribution in [1.29, 1.82) is 0 Å². The summed E-state index contributed by atoms with van der Waals surface area (Å²) in [4.78, 5) is 19.1. The van der Waals surface area contributed by atoms with Crippen molar-refractivity contribution in [3.63, 3.8) is 0 Å². The summed E-state index contributed by atoms with van der Waals surface area (Å²) in [5.74, 6) is -0.977. The van der Waals surface area contributed by atoms with E-state index in [1.807, 2.05) is 0 Å². The van der Waals surface area contributed by atoms with Crippen molar-refractivity contribution in [2.24, 2.45) is 0 Å². The van der Waals surface area contributed by atoms with E-state index < -0.39 is 23.6 Å². The van der Waals surface area contributed by atoms with Crippen LogP contribution in [0.2, 0.25) is 0 Å². The first-order valence-corrected chi connectivity index (χ1v) is 7.84. The number of benzene rings is 1. The Morgan fingerprint density at radius 1 is 1.25 bits per heavy atom. The number of aromatic nitrogens is 2. The van der Waals surface area contributed by atoms with Gasteiger partial charge < -0.3 is 5.32 Å². The van der Waals surface area contributed by atoms with Gasteiger partial charge in [0.05, 0.1) is 5.56 Å². The van der Waals surface area contributed by atoms with Crippen LogP contribution in [0.5, 0.6) is 0 Å². The predicted octanol–water partition coefficient (Wildman–Crippen LogP) is 3.47. The average molecular weight is 359 g/mol. The lowest BCUT2D eigenvalue weighted by atomic mass is 10.2. The van der Waals surface area contributed by atoms with E-state index in [9.17, 15) is 22.4 Å². The summed E-state index contributed by atoms with van der Waals surface area (Å²) in [6.07, 6.45) is -4.54. The number of thioether (sulfide) groups is 1. The van der Waals surface area contributed by atoms with Crippen molar-refractivity contribution in [1.82, 2.24) is 15.3 Å². The van der Waals surface area contributed by atoms with E-state index in [1.54, 1.807) is 0 Å². The maximum atomic E-state index is 13.4. The second kappa shape index (κ2) is 7.61. The summed E-state index contributed by atoms with van der Waals surface area (Å²) in [6, 6.07) is 6.38. The molecule has 2 aromatic rings. The Morgan fingerprint density at radius 2 is 1.96 bits per heavy atom. The highest BCUT2D eigenvalue weighted by Gasteiger charge is 2.33. The molecule has 4 nitrogen and oxygen atoms in total. The van der Waals surface area contributed by atoms with E-state index in [0.717, 1.165) is 17.8 Å². The first kappa shape index (κ1) is 18.2. The predicted molar refractivity (Wildman–Crippen MR) is 81.2 cm³/mol. The molecule has 0 saturated heterocycles. The molecule has 0 aliphatic rings. The van der Waals surface area contributed by atoms with Crippen molar-refractivity contribution in [3.05, 3.63) is 53.1 Å². The molecule has 1 heterocycles. The second-order valence-corrected chi connectivity index (χ2v) is 5.82. The molecular weight excluding hydrogens is 346 g/mol. The number of carbonyl (C=O) groups excluding carboxylic acids is 1. The van der Waals surface area contributed by atoms with Crippen molar-refractivity contribution < 1.29 is 22.4 Å². The Morgan fingerprint density at radius 3 is 2.62 bits per heavy atom. The summed E-state index contributed by atoms with van der Waals surface area (Å²) >= 11 is 0.976. The number of amides is 1. The maximum Gasteiger partial charge on any atom is 0.433 e. The topological polar surface area (TPSA) is 54.9 Å². The SMILES string of the molecule is Cc1cc(C(F)(F)F)nc(SCCNC(=O)c2ccccc2F)n1. The van der Waals surface area contributed by atoms with Crippen molar-refractivity contribution >= 4 is 17.7 Å². The maximum absolute atomic E-state index is 13.4. The lowest BCUT2D eigenvalue weighted by molar-refractivity contribution is -0.141. The van der Waals surface area contributed by atoms with Crippen LogP contribution in [0.1, 0.15) is 21.7 Å². The van der Waals surface area contributed by atoms with Crippen molar-refractivity contribution in [2.75, 3.05) is 12.3 Å². The highest BCUT2D eigenvalue weighted by molar-refractivity contribution is 7.99. The summed E-state index contributed by atoms with van der Waals surface area (Å²) < 4.78 is 51.4. The van der Waals surface area contributed by atoms with Gasteiger partial charge in [-0.3, -0.25) is 4.79 Å². The Hall–Kier alpha value is -2.16. The van der Waals surface area contributed by atoms with Gasteiger partial charge in [-0.15, -0.1) is 0 Å². The first-order valence-electron chi connectivity index (χ1n) is 6.86. The minimum absolute atomic E-state index is 0.0255. The van der Waals surface area contributed by atoms with Crippen LogP contribution >= 0.6 is 11.8 Å². The van der Waals surface area contributed by atoms with E-state index in [1.165, 1.54) is 31.2 Å². The van der Waals surface area contributed by atoms with E-state index in [-0.39, 0.29) is 28.7 Å². The van der Waals surface area contributed by atoms with Gasteiger partial charge in [-0.05, 0) is 25.1 Å². The number of carbonyl (C=O) groups is 1. The van der Waals surface area contributed by atoms with Gasteiger partial charge in [0.1, 0.15) is 11.5 Å². The number of hydrogen-bond acceptors (Lipinski definition) is 4. The van der Waals surface area contributed by atoms with Crippen LogP contribution in [0.3, 0.4) is 0 Å². The van der Waals surface area contributed by atoms with Gasteiger partial charge in [-0.25, -0.2) is 14.4 Å². The van der Waals surface area contributed by atoms with Crippen LogP contribution in [0.4, 0.5) is 17.6 Å². The second-order valence-electron chi connectivity index (χ2n) is 4.76. The molecule has 0 aliphatic heterocycles. The molecule has 1 aromatic heterocycles. The monoisotopic (exact) mass is 359 g/mol. The highest BCUT2D eigenvalue weighted by atomic mass is 32.2. The Balaban J connectivity index is 1.90. The van der Waals surface area contributed by atoms with Crippen LogP contribution in [-0.2, 0) is 6.18 Å². The number of aryl methyl sites for hydroxylation is 1. The third-order valence-electron chi connectivity index (χ3n) is 2.86. The molecule has 9 heteroatoms. The molecule has 2 rings (SSSR count). The summed E-state index contributed by atoms with van der Waals surface area (Å²) in [5.41, 5.74) is -0.892. The molecule has 0 atom stereocenters. The van der Waals surface area contributed by atoms with E-state index in [4.69, 9.17) is 0 Å². The first-order chi connectivity index (χ1) is 11.3. The zero-order valence-electron chi connectivity index (χ0n) is 12.5. The molecule has 1 aromatic carbocycles. The minimum Gasteiger partial charge on any atom is -0.351 e. The zero-order chi connectivity index (χ0) is 17.7. The van der Waals surface area contributed by atoms with Gasteiger partial charge in [0.15, 0.2) is 5.16 Å². The standard InChI is InChI=1S/C15H13F4N3OS/c1-9-8-12(15(17,18)19)22-14(21-9)24-7-6-20-13(23)10-4-2-3-5-11(10)16/h2-5,8H,6-7H2,1H3,(H,20,23). The quantitative estimate of drug-likeness (QED) is 0.384. The third-order valence-corrected chi connectivity index (χ3v) is 3.71. The van der Waals surface area contributed by atoms with Gasteiger partial charge >= 0.3 is 6.18 Å². The molecule has 0 spiro atoms. The molecule has 0 fully saturated rings. The summed E-state index contributed by atoms with van der Waals surface area (Å²) in [7, 11) is 0. The largest absolute Gasteiger partial charge is 0.433 e. The van der Waals surface area contributed by atoms with E-state index in [0.29, 0.717) is 0 Å². The van der Waals surface area contributed by atoms with Gasteiger partial charge in [0.25, 0.3) is 5.91 Å². The number of rotatable bonds is 5. The fraction of sp³-hybridized carbons (Fsp3) is 0.267. The molecular formula is C15H13F4N3OS. The van der Waals surface area contributed by atoms with Crippen molar-refractivity contribution in [3.8, 4) is 0 Å². The molecule has 128 valence electrons. The van der Waals surface area contributed by atoms with Gasteiger partial charge in [0.2, 0.25) is 0 Å². The highest BCUT2D eigenvalue weighted by Crippen LogP contribution is 2.29. The fourth-order valence-corrected chi connectivity index (χ4v) is 2.56. The number of halogens is 4. The van der Waals surface area contributed by atoms with Gasteiger partial charge in [-0.2, -0.15) is 13.2 Å². The zero-order valence-corrected chi connectivity index (χ0v) is 13.3. The number of nitrogens with zero attached hydrogens (tertiary/aromatic N) is 2. The number of hydrogen-bond donors (Lipinski definition) is 1. The number of alkyl halides is 3. The molecule has 0 radical (unpaired) electrons. The minimum atomic E-state index is -4.54. The Kier molecular flexibility index (Phi) is 5.76. The molecule has 1 N–H and O–H groups in total. The summed E-state index contributed by atoms with van der Waals surface area (Å²) in [5, 5.41) is 2.47. The molecule has 24 heavy (non-hydrogen) atoms. The van der Waals surface area contributed by atoms with Gasteiger partial charge in [0, 0.05) is 18.0 Å². The van der Waals surface area contributed by atoms with Crippen LogP contribution in [0.15, 0.2) is 35.5 Å². The van der Waals surface area contributed by atoms with Gasteiger partial charge in [-0.1, -0.05) is 23.9 Å². The Labute approximate surface area is 139 Å². The normalized spacial score (nSPS) is 11.4. The molecule has 0 bridgehead atoms. The van der Waals surface area contributed by atoms with E-state index in [2.05, 4.69) is 15.3 Å². The molecule has 0 saturated carbocycles. The molecule has 0 unspecified atom stereocenters. The van der Waals surface area contributed by atoms with E-state index >= 15 is 0 Å². The van der Waals surface area contributed by atoms with Crippen LogP contribution in [0.25, 0.3) is 0 Å². The fourth-order valence-electron chi connectivity index (χ4n) is 1.80. The van der Waals surface area contributed by atoms with Crippen LogP contribution in [0, 0.1) is 12.7 Å². The lowest BCUT2D eigenvalue weighted by Crippen LogP contribution is -2.26. The smallest absolute Gasteiger partial charge is 0.351 e. The lowest BCUT2D eigenvalue weighted by Gasteiger charge is -2.09. The Bertz CT molecular complexity index is 737. The summed E-state index contributed by atoms with van der Waals surface area (Å²) in [6.45, 7) is 1.58. The van der Waals surface area contributed by atoms with Crippen LogP contribution < -0.4 is 5.32 Å². The van der Waals surface area contributed by atoms with Crippen LogP contribution in [-0.4, -0.2) is 28.2 Å². The van der Waals surface area contributed by atoms with Crippen molar-refractivity contribution in [2.45, 2.75) is 18.3 Å².